The molecule has 2 saturated heterocycles. The number of likely N-dealkylation sites (tertiary alicyclic amines) is 1. The Hall–Kier alpha value is -1.14. The topological polar surface area (TPSA) is 50.8 Å². The van der Waals surface area contributed by atoms with E-state index >= 15 is 0 Å². The molecule has 2 aliphatic rings. The van der Waals surface area contributed by atoms with Gasteiger partial charge >= 0.3 is 0 Å². The van der Waals surface area contributed by atoms with Crippen LogP contribution >= 0.6 is 11.6 Å². The van der Waals surface area contributed by atoms with Gasteiger partial charge in [0.05, 0.1) is 19.3 Å². The van der Waals surface area contributed by atoms with Crippen LogP contribution in [0.25, 0.3) is 0 Å². The molecule has 0 radical (unpaired) electrons. The van der Waals surface area contributed by atoms with Crippen LogP contribution in [-0.4, -0.2) is 49.4 Å². The van der Waals surface area contributed by atoms with E-state index in [2.05, 4.69) is 10.2 Å². The van der Waals surface area contributed by atoms with Gasteiger partial charge in [0.1, 0.15) is 0 Å². The van der Waals surface area contributed by atoms with Crippen LogP contribution in [0, 0.1) is 5.92 Å². The van der Waals surface area contributed by atoms with Crippen molar-refractivity contribution in [2.45, 2.75) is 38.6 Å². The van der Waals surface area contributed by atoms with Crippen molar-refractivity contribution in [2.24, 2.45) is 5.92 Å². The first-order valence-corrected chi connectivity index (χ1v) is 9.01. The smallest absolute Gasteiger partial charge is 0.237 e. The standard InChI is InChI=1S/C18H25ClN2O3/c1-13(17(22)20-12-15-4-2-3-5-16(15)19)21-8-6-14(7-9-21)18-23-10-11-24-18/h2-5,13-14,18H,6-12H2,1H3,(H,20,22). The highest BCUT2D eigenvalue weighted by Gasteiger charge is 2.33. The Morgan fingerprint density at radius 1 is 1.29 bits per heavy atom. The maximum absolute atomic E-state index is 12.4. The molecule has 0 bridgehead atoms. The van der Waals surface area contributed by atoms with Crippen LogP contribution in [0.3, 0.4) is 0 Å². The first kappa shape index (κ1) is 17.7. The number of benzene rings is 1. The minimum atomic E-state index is -0.140. The van der Waals surface area contributed by atoms with E-state index in [0.29, 0.717) is 30.7 Å². The van der Waals surface area contributed by atoms with Crippen LogP contribution in [0.1, 0.15) is 25.3 Å². The molecule has 1 amide bonds. The SMILES string of the molecule is CC(C(=O)NCc1ccccc1Cl)N1CCC(C2OCCO2)CC1. The Labute approximate surface area is 148 Å². The van der Waals surface area contributed by atoms with Gasteiger partial charge in [-0.25, -0.2) is 0 Å². The van der Waals surface area contributed by atoms with Crippen molar-refractivity contribution in [1.82, 2.24) is 10.2 Å². The van der Waals surface area contributed by atoms with Crippen molar-refractivity contribution in [3.63, 3.8) is 0 Å². The normalized spacial score (nSPS) is 21.8. The zero-order chi connectivity index (χ0) is 16.9. The van der Waals surface area contributed by atoms with Gasteiger partial charge in [-0.05, 0) is 44.5 Å². The van der Waals surface area contributed by atoms with Crippen molar-refractivity contribution in [3.8, 4) is 0 Å². The van der Waals surface area contributed by atoms with E-state index in [1.807, 2.05) is 31.2 Å². The number of carbonyl (C=O) groups is 1. The third kappa shape index (κ3) is 4.28. The lowest BCUT2D eigenvalue weighted by Gasteiger charge is -2.36. The molecular formula is C18H25ClN2O3. The number of nitrogens with one attached hydrogen (secondary N) is 1. The number of amides is 1. The van der Waals surface area contributed by atoms with Crippen molar-refractivity contribution in [1.29, 1.82) is 0 Å². The van der Waals surface area contributed by atoms with Gasteiger partial charge in [0, 0.05) is 17.5 Å². The Bertz CT molecular complexity index is 555. The fraction of sp³-hybridized carbons (Fsp3) is 0.611. The summed E-state index contributed by atoms with van der Waals surface area (Å²) >= 11 is 6.13. The Morgan fingerprint density at radius 2 is 1.96 bits per heavy atom. The van der Waals surface area contributed by atoms with E-state index in [-0.39, 0.29) is 18.2 Å². The molecule has 2 fully saturated rings. The van der Waals surface area contributed by atoms with E-state index in [1.54, 1.807) is 0 Å². The van der Waals surface area contributed by atoms with Crippen molar-refractivity contribution in [2.75, 3.05) is 26.3 Å². The van der Waals surface area contributed by atoms with Gasteiger partial charge in [-0.15, -0.1) is 0 Å². The molecule has 1 aromatic carbocycles. The molecule has 6 heteroatoms. The fourth-order valence-corrected chi connectivity index (χ4v) is 3.57. The fourth-order valence-electron chi connectivity index (χ4n) is 3.37. The summed E-state index contributed by atoms with van der Waals surface area (Å²) in [5.74, 6) is 0.490. The molecule has 2 heterocycles. The van der Waals surface area contributed by atoms with Gasteiger partial charge in [0.2, 0.25) is 5.91 Å². The number of hydrogen-bond donors (Lipinski definition) is 1. The Morgan fingerprint density at radius 3 is 2.62 bits per heavy atom. The molecule has 0 aromatic heterocycles. The summed E-state index contributed by atoms with van der Waals surface area (Å²) in [6.07, 6.45) is 1.97. The summed E-state index contributed by atoms with van der Waals surface area (Å²) in [4.78, 5) is 14.6. The van der Waals surface area contributed by atoms with Crippen LogP contribution < -0.4 is 5.32 Å². The third-order valence-corrected chi connectivity index (χ3v) is 5.31. The molecule has 1 atom stereocenters. The summed E-state index contributed by atoms with van der Waals surface area (Å²) in [7, 11) is 0. The predicted octanol–water partition coefficient (Wildman–Crippen LogP) is 2.43. The van der Waals surface area contributed by atoms with E-state index in [1.165, 1.54) is 0 Å². The maximum atomic E-state index is 12.4. The molecule has 5 nitrogen and oxygen atoms in total. The highest BCUT2D eigenvalue weighted by molar-refractivity contribution is 6.31. The number of piperidine rings is 1. The van der Waals surface area contributed by atoms with E-state index in [9.17, 15) is 4.79 Å². The molecule has 1 N–H and O–H groups in total. The van der Waals surface area contributed by atoms with Gasteiger partial charge in [-0.2, -0.15) is 0 Å². The maximum Gasteiger partial charge on any atom is 0.237 e. The quantitative estimate of drug-likeness (QED) is 0.884. The second kappa shape index (κ2) is 8.30. The van der Waals surface area contributed by atoms with Gasteiger partial charge in [-0.3, -0.25) is 9.69 Å². The summed E-state index contributed by atoms with van der Waals surface area (Å²) in [5.41, 5.74) is 0.939. The average molecular weight is 353 g/mol. The van der Waals surface area contributed by atoms with Gasteiger partial charge in [0.15, 0.2) is 6.29 Å². The molecule has 1 unspecified atom stereocenters. The minimum Gasteiger partial charge on any atom is -0.351 e. The zero-order valence-electron chi connectivity index (χ0n) is 14.0. The van der Waals surface area contributed by atoms with E-state index < -0.39 is 0 Å². The Kier molecular flexibility index (Phi) is 6.11. The number of rotatable bonds is 5. The lowest BCUT2D eigenvalue weighted by atomic mass is 9.95. The lowest BCUT2D eigenvalue weighted by Crippen LogP contribution is -2.49. The molecule has 2 aliphatic heterocycles. The van der Waals surface area contributed by atoms with Crippen LogP contribution in [0.4, 0.5) is 0 Å². The molecule has 0 saturated carbocycles. The van der Waals surface area contributed by atoms with Crippen LogP contribution in [0.5, 0.6) is 0 Å². The molecule has 0 aliphatic carbocycles. The first-order valence-electron chi connectivity index (χ1n) is 8.63. The van der Waals surface area contributed by atoms with Crippen LogP contribution in [0.15, 0.2) is 24.3 Å². The number of halogens is 1. The predicted molar refractivity (Wildman–Crippen MR) is 92.7 cm³/mol. The molecule has 1 aromatic rings. The number of hydrogen-bond acceptors (Lipinski definition) is 4. The van der Waals surface area contributed by atoms with Crippen LogP contribution in [0.2, 0.25) is 5.02 Å². The summed E-state index contributed by atoms with van der Waals surface area (Å²) in [6.45, 7) is 5.62. The number of nitrogens with zero attached hydrogens (tertiary/aromatic N) is 1. The molecular weight excluding hydrogens is 328 g/mol. The van der Waals surface area contributed by atoms with E-state index in [4.69, 9.17) is 21.1 Å². The summed E-state index contributed by atoms with van der Waals surface area (Å²) in [6, 6.07) is 7.44. The highest BCUT2D eigenvalue weighted by Crippen LogP contribution is 2.26. The molecule has 0 spiro atoms. The average Bonchev–Trinajstić information content (AvgIpc) is 3.15. The second-order valence-corrected chi connectivity index (χ2v) is 6.88. The Balaban J connectivity index is 1.45. The molecule has 3 rings (SSSR count). The third-order valence-electron chi connectivity index (χ3n) is 4.94. The molecule has 24 heavy (non-hydrogen) atoms. The van der Waals surface area contributed by atoms with E-state index in [0.717, 1.165) is 31.5 Å². The minimum absolute atomic E-state index is 0.0433. The molecule has 132 valence electrons. The van der Waals surface area contributed by atoms with Gasteiger partial charge < -0.3 is 14.8 Å². The zero-order valence-corrected chi connectivity index (χ0v) is 14.8. The van der Waals surface area contributed by atoms with Crippen molar-refractivity contribution in [3.05, 3.63) is 34.9 Å². The van der Waals surface area contributed by atoms with Gasteiger partial charge in [0.25, 0.3) is 0 Å². The van der Waals surface area contributed by atoms with Crippen molar-refractivity contribution >= 4 is 17.5 Å². The lowest BCUT2D eigenvalue weighted by molar-refractivity contribution is -0.128. The van der Waals surface area contributed by atoms with Crippen molar-refractivity contribution < 1.29 is 14.3 Å². The highest BCUT2D eigenvalue weighted by atomic mass is 35.5. The number of ether oxygens (including phenoxy) is 2. The second-order valence-electron chi connectivity index (χ2n) is 6.47. The number of carbonyl (C=O) groups excluding carboxylic acids is 1. The summed E-state index contributed by atoms with van der Waals surface area (Å²) < 4.78 is 11.2. The monoisotopic (exact) mass is 352 g/mol. The van der Waals surface area contributed by atoms with Gasteiger partial charge in [-0.1, -0.05) is 29.8 Å². The largest absolute Gasteiger partial charge is 0.351 e. The summed E-state index contributed by atoms with van der Waals surface area (Å²) in [5, 5.41) is 3.67. The first-order chi connectivity index (χ1) is 11.6. The van der Waals surface area contributed by atoms with Crippen LogP contribution in [-0.2, 0) is 20.8 Å².